The van der Waals surface area contributed by atoms with Gasteiger partial charge in [-0.25, -0.2) is 4.79 Å². The number of rotatable bonds is 5. The first kappa shape index (κ1) is 14.5. The number of anilines is 1. The summed E-state index contributed by atoms with van der Waals surface area (Å²) in [5.74, 6) is -1.39. The van der Waals surface area contributed by atoms with Crippen molar-refractivity contribution >= 4 is 29.2 Å². The number of hydrogen-bond acceptors (Lipinski definition) is 3. The monoisotopic (exact) mass is 270 g/mol. The van der Waals surface area contributed by atoms with Crippen LogP contribution in [0.5, 0.6) is 0 Å². The Labute approximate surface area is 110 Å². The molecule has 18 heavy (non-hydrogen) atoms. The van der Waals surface area contributed by atoms with Gasteiger partial charge in [-0.1, -0.05) is 17.7 Å². The van der Waals surface area contributed by atoms with Crippen LogP contribution in [0, 0.1) is 0 Å². The fourth-order valence-corrected chi connectivity index (χ4v) is 1.58. The Balaban J connectivity index is 2.83. The van der Waals surface area contributed by atoms with Crippen molar-refractivity contribution in [3.63, 3.8) is 0 Å². The molecule has 98 valence electrons. The summed E-state index contributed by atoms with van der Waals surface area (Å²) in [4.78, 5) is 24.5. The number of amides is 1. The first-order valence-electron chi connectivity index (χ1n) is 5.38. The summed E-state index contributed by atoms with van der Waals surface area (Å²) >= 11 is 5.89. The molecule has 1 rings (SSSR count). The molecule has 0 radical (unpaired) electrons. The number of halogens is 1. The second-order valence-electron chi connectivity index (χ2n) is 4.07. The Bertz CT molecular complexity index is 461. The third kappa shape index (κ3) is 4.01. The van der Waals surface area contributed by atoms with Crippen LogP contribution in [0.15, 0.2) is 18.2 Å². The fourth-order valence-electron chi connectivity index (χ4n) is 1.36. The number of nitrogens with zero attached hydrogens (tertiary/aromatic N) is 1. The molecule has 0 fully saturated rings. The number of carboxylic acids is 1. The van der Waals surface area contributed by atoms with E-state index in [-0.39, 0.29) is 28.6 Å². The van der Waals surface area contributed by atoms with Crippen molar-refractivity contribution in [2.24, 2.45) is 0 Å². The van der Waals surface area contributed by atoms with E-state index in [9.17, 15) is 9.59 Å². The fraction of sp³-hybridized carbons (Fsp3) is 0.333. The Kier molecular flexibility index (Phi) is 5.12. The van der Waals surface area contributed by atoms with E-state index in [1.807, 2.05) is 19.0 Å². The SMILES string of the molecule is CN(C)CCC(=O)Nc1c(Cl)cccc1C(=O)O. The lowest BCUT2D eigenvalue weighted by molar-refractivity contribution is -0.116. The van der Waals surface area contributed by atoms with Gasteiger partial charge in [0.25, 0.3) is 0 Å². The molecule has 5 nitrogen and oxygen atoms in total. The highest BCUT2D eigenvalue weighted by Crippen LogP contribution is 2.26. The number of carbonyl (C=O) groups is 2. The minimum Gasteiger partial charge on any atom is -0.478 e. The van der Waals surface area contributed by atoms with Crippen LogP contribution in [0.25, 0.3) is 0 Å². The second kappa shape index (κ2) is 6.37. The molecule has 0 aromatic heterocycles. The smallest absolute Gasteiger partial charge is 0.337 e. The number of benzene rings is 1. The first-order chi connectivity index (χ1) is 8.41. The van der Waals surface area contributed by atoms with Gasteiger partial charge in [-0.3, -0.25) is 4.79 Å². The van der Waals surface area contributed by atoms with Crippen LogP contribution >= 0.6 is 11.6 Å². The summed E-state index contributed by atoms with van der Waals surface area (Å²) < 4.78 is 0. The van der Waals surface area contributed by atoms with Gasteiger partial charge in [0, 0.05) is 13.0 Å². The average Bonchev–Trinajstić information content (AvgIpc) is 2.28. The van der Waals surface area contributed by atoms with Gasteiger partial charge in [0.1, 0.15) is 0 Å². The van der Waals surface area contributed by atoms with Gasteiger partial charge in [-0.05, 0) is 26.2 Å². The molecule has 0 spiro atoms. The van der Waals surface area contributed by atoms with Crippen LogP contribution in [-0.2, 0) is 4.79 Å². The van der Waals surface area contributed by atoms with Crippen molar-refractivity contribution in [2.75, 3.05) is 26.0 Å². The molecule has 0 bridgehead atoms. The Hall–Kier alpha value is -1.59. The lowest BCUT2D eigenvalue weighted by Crippen LogP contribution is -2.21. The van der Waals surface area contributed by atoms with Crippen molar-refractivity contribution < 1.29 is 14.7 Å². The van der Waals surface area contributed by atoms with E-state index in [0.29, 0.717) is 6.54 Å². The maximum Gasteiger partial charge on any atom is 0.337 e. The van der Waals surface area contributed by atoms with Crippen LogP contribution < -0.4 is 5.32 Å². The highest BCUT2D eigenvalue weighted by molar-refractivity contribution is 6.34. The number of aromatic carboxylic acids is 1. The van der Waals surface area contributed by atoms with Gasteiger partial charge < -0.3 is 15.3 Å². The van der Waals surface area contributed by atoms with E-state index in [0.717, 1.165) is 0 Å². The molecule has 0 saturated heterocycles. The largest absolute Gasteiger partial charge is 0.478 e. The molecule has 2 N–H and O–H groups in total. The molecular weight excluding hydrogens is 256 g/mol. The molecule has 6 heteroatoms. The van der Waals surface area contributed by atoms with E-state index in [4.69, 9.17) is 16.7 Å². The van der Waals surface area contributed by atoms with Crippen molar-refractivity contribution in [2.45, 2.75) is 6.42 Å². The average molecular weight is 271 g/mol. The third-order valence-electron chi connectivity index (χ3n) is 2.29. The summed E-state index contributed by atoms with van der Waals surface area (Å²) in [6, 6.07) is 4.46. The summed E-state index contributed by atoms with van der Waals surface area (Å²) in [5.41, 5.74) is 0.135. The minimum absolute atomic E-state index is 0.0132. The topological polar surface area (TPSA) is 69.6 Å². The van der Waals surface area contributed by atoms with Crippen molar-refractivity contribution in [3.05, 3.63) is 28.8 Å². The number of nitrogens with one attached hydrogen (secondary N) is 1. The molecule has 1 aromatic carbocycles. The maximum absolute atomic E-state index is 11.7. The van der Waals surface area contributed by atoms with Gasteiger partial charge in [0.2, 0.25) is 5.91 Å². The van der Waals surface area contributed by atoms with Crippen LogP contribution in [0.3, 0.4) is 0 Å². The Morgan fingerprint density at radius 2 is 2.06 bits per heavy atom. The molecule has 0 heterocycles. The third-order valence-corrected chi connectivity index (χ3v) is 2.61. The highest BCUT2D eigenvalue weighted by atomic mass is 35.5. The number of carbonyl (C=O) groups excluding carboxylic acids is 1. The molecule has 1 amide bonds. The summed E-state index contributed by atoms with van der Waals surface area (Å²) in [7, 11) is 3.71. The highest BCUT2D eigenvalue weighted by Gasteiger charge is 2.15. The Morgan fingerprint density at radius 3 is 2.61 bits per heavy atom. The summed E-state index contributed by atoms with van der Waals surface area (Å²) in [6.07, 6.45) is 0.275. The van der Waals surface area contributed by atoms with E-state index in [1.165, 1.54) is 18.2 Å². The molecule has 0 aliphatic heterocycles. The van der Waals surface area contributed by atoms with Crippen LogP contribution in [0.1, 0.15) is 16.8 Å². The zero-order valence-corrected chi connectivity index (χ0v) is 11.0. The minimum atomic E-state index is -1.12. The second-order valence-corrected chi connectivity index (χ2v) is 4.48. The standard InChI is InChI=1S/C12H15ClN2O3/c1-15(2)7-6-10(16)14-11-8(12(17)18)4-3-5-9(11)13/h3-5H,6-7H2,1-2H3,(H,14,16)(H,17,18). The summed E-state index contributed by atoms with van der Waals surface area (Å²) in [5, 5.41) is 11.8. The Morgan fingerprint density at radius 1 is 1.39 bits per heavy atom. The van der Waals surface area contributed by atoms with Gasteiger partial charge in [-0.2, -0.15) is 0 Å². The normalized spacial score (nSPS) is 10.4. The van der Waals surface area contributed by atoms with E-state index >= 15 is 0 Å². The maximum atomic E-state index is 11.7. The molecule has 0 aliphatic rings. The zero-order valence-electron chi connectivity index (χ0n) is 10.2. The molecule has 1 aromatic rings. The molecule has 0 unspecified atom stereocenters. The van der Waals surface area contributed by atoms with Gasteiger partial charge >= 0.3 is 5.97 Å². The predicted molar refractivity (Wildman–Crippen MR) is 70.2 cm³/mol. The first-order valence-corrected chi connectivity index (χ1v) is 5.76. The number of para-hydroxylation sites is 1. The number of hydrogen-bond donors (Lipinski definition) is 2. The lowest BCUT2D eigenvalue weighted by Gasteiger charge is -2.12. The van der Waals surface area contributed by atoms with Crippen molar-refractivity contribution in [1.29, 1.82) is 0 Å². The molecule has 0 saturated carbocycles. The predicted octanol–water partition coefficient (Wildman–Crippen LogP) is 1.93. The lowest BCUT2D eigenvalue weighted by atomic mass is 10.1. The summed E-state index contributed by atoms with van der Waals surface area (Å²) in [6.45, 7) is 0.582. The molecule has 0 aliphatic carbocycles. The zero-order chi connectivity index (χ0) is 13.7. The van der Waals surface area contributed by atoms with Crippen molar-refractivity contribution in [3.8, 4) is 0 Å². The van der Waals surface area contributed by atoms with E-state index in [1.54, 1.807) is 0 Å². The van der Waals surface area contributed by atoms with Crippen LogP contribution in [0.4, 0.5) is 5.69 Å². The van der Waals surface area contributed by atoms with E-state index < -0.39 is 5.97 Å². The quantitative estimate of drug-likeness (QED) is 0.858. The van der Waals surface area contributed by atoms with Crippen LogP contribution in [-0.4, -0.2) is 42.5 Å². The van der Waals surface area contributed by atoms with Crippen molar-refractivity contribution in [1.82, 2.24) is 4.90 Å². The van der Waals surface area contributed by atoms with E-state index in [2.05, 4.69) is 5.32 Å². The van der Waals surface area contributed by atoms with Crippen LogP contribution in [0.2, 0.25) is 5.02 Å². The number of carboxylic acid groups (broad SMARTS) is 1. The van der Waals surface area contributed by atoms with Gasteiger partial charge in [-0.15, -0.1) is 0 Å². The van der Waals surface area contributed by atoms with Gasteiger partial charge in [0.05, 0.1) is 16.3 Å². The molecular formula is C12H15ClN2O3. The molecule has 0 atom stereocenters. The van der Waals surface area contributed by atoms with Gasteiger partial charge in [0.15, 0.2) is 0 Å².